The van der Waals surface area contributed by atoms with Gasteiger partial charge >= 0.3 is 0 Å². The van der Waals surface area contributed by atoms with Crippen LogP contribution in [-0.2, 0) is 6.61 Å². The summed E-state index contributed by atoms with van der Waals surface area (Å²) in [6, 6.07) is 16.2. The molecule has 0 bridgehead atoms. The first-order valence-electron chi connectivity index (χ1n) is 10.3. The number of nitrogens with one attached hydrogen (secondary N) is 2. The van der Waals surface area contributed by atoms with Crippen LogP contribution in [0.25, 0.3) is 11.4 Å². The molecule has 0 radical (unpaired) electrons. The maximum absolute atomic E-state index is 12.8. The summed E-state index contributed by atoms with van der Waals surface area (Å²) in [4.78, 5) is 21.2. The Hall–Kier alpha value is -4.40. The Bertz CT molecular complexity index is 1230. The summed E-state index contributed by atoms with van der Waals surface area (Å²) in [7, 11) is 1.58. The normalized spacial score (nSPS) is 10.5. The number of methoxy groups -OCH3 is 1. The number of para-hydroxylation sites is 1. The van der Waals surface area contributed by atoms with Crippen molar-refractivity contribution in [1.29, 1.82) is 0 Å². The predicted octanol–water partition coefficient (Wildman–Crippen LogP) is 4.11. The Morgan fingerprint density at radius 1 is 1.03 bits per heavy atom. The van der Waals surface area contributed by atoms with Crippen LogP contribution >= 0.6 is 0 Å². The van der Waals surface area contributed by atoms with E-state index < -0.39 is 0 Å². The van der Waals surface area contributed by atoms with Crippen LogP contribution in [0.2, 0.25) is 0 Å². The maximum atomic E-state index is 12.8. The number of aromatic amines is 1. The van der Waals surface area contributed by atoms with Crippen molar-refractivity contribution in [2.75, 3.05) is 19.0 Å². The maximum Gasteiger partial charge on any atom is 0.258 e. The molecule has 33 heavy (non-hydrogen) atoms. The minimum Gasteiger partial charge on any atom is -0.496 e. The number of rotatable bonds is 9. The highest BCUT2D eigenvalue weighted by Crippen LogP contribution is 2.30. The summed E-state index contributed by atoms with van der Waals surface area (Å²) in [5.41, 5.74) is 2.05. The molecule has 9 heteroatoms. The number of aromatic nitrogens is 4. The van der Waals surface area contributed by atoms with Crippen LogP contribution in [0.15, 0.2) is 67.0 Å². The van der Waals surface area contributed by atoms with Gasteiger partial charge in [-0.3, -0.25) is 20.2 Å². The molecule has 0 aliphatic carbocycles. The lowest BCUT2D eigenvalue weighted by molar-refractivity contribution is 0.102. The number of benzene rings is 2. The van der Waals surface area contributed by atoms with Crippen LogP contribution in [0.1, 0.15) is 22.8 Å². The molecular formula is C24H23N5O4. The lowest BCUT2D eigenvalue weighted by Gasteiger charge is -2.13. The third-order valence-corrected chi connectivity index (χ3v) is 4.70. The van der Waals surface area contributed by atoms with E-state index in [0.29, 0.717) is 41.9 Å². The minimum absolute atomic E-state index is 0.149. The van der Waals surface area contributed by atoms with Gasteiger partial charge in [0.25, 0.3) is 5.91 Å². The number of hydrogen-bond acceptors (Lipinski definition) is 7. The van der Waals surface area contributed by atoms with Gasteiger partial charge < -0.3 is 14.2 Å². The number of amides is 1. The SMILES string of the molecule is CCOc1cc(C(=O)Nc2n[nH]c(-c3ccccc3OC)n2)ccc1OCc1cccnc1. The highest BCUT2D eigenvalue weighted by atomic mass is 16.5. The smallest absolute Gasteiger partial charge is 0.258 e. The van der Waals surface area contributed by atoms with Crippen LogP contribution < -0.4 is 19.5 Å². The third-order valence-electron chi connectivity index (χ3n) is 4.70. The second kappa shape index (κ2) is 10.3. The highest BCUT2D eigenvalue weighted by molar-refractivity contribution is 6.03. The van der Waals surface area contributed by atoms with E-state index in [2.05, 4.69) is 25.5 Å². The average molecular weight is 445 g/mol. The topological polar surface area (TPSA) is 111 Å². The van der Waals surface area contributed by atoms with Crippen LogP contribution in [0.5, 0.6) is 17.2 Å². The second-order valence-corrected chi connectivity index (χ2v) is 6.91. The molecule has 1 amide bonds. The van der Waals surface area contributed by atoms with Crippen molar-refractivity contribution in [3.8, 4) is 28.6 Å². The van der Waals surface area contributed by atoms with Gasteiger partial charge in [0.05, 0.1) is 19.3 Å². The largest absolute Gasteiger partial charge is 0.496 e. The van der Waals surface area contributed by atoms with E-state index in [9.17, 15) is 4.79 Å². The molecule has 0 saturated carbocycles. The third kappa shape index (κ3) is 5.27. The van der Waals surface area contributed by atoms with Gasteiger partial charge in [0, 0.05) is 23.5 Å². The Labute approximate surface area is 190 Å². The fraction of sp³-hybridized carbons (Fsp3) is 0.167. The fourth-order valence-electron chi connectivity index (χ4n) is 3.13. The Morgan fingerprint density at radius 3 is 2.70 bits per heavy atom. The van der Waals surface area contributed by atoms with Crippen LogP contribution in [0.4, 0.5) is 5.95 Å². The minimum atomic E-state index is -0.375. The van der Waals surface area contributed by atoms with Crippen molar-refractivity contribution in [3.63, 3.8) is 0 Å². The fourth-order valence-corrected chi connectivity index (χ4v) is 3.13. The summed E-state index contributed by atoms with van der Waals surface area (Å²) in [6.45, 7) is 2.63. The molecule has 0 saturated heterocycles. The number of carbonyl (C=O) groups excluding carboxylic acids is 1. The molecule has 9 nitrogen and oxygen atoms in total. The molecule has 0 aliphatic heterocycles. The van der Waals surface area contributed by atoms with Gasteiger partial charge in [-0.15, -0.1) is 5.10 Å². The number of anilines is 1. The molecule has 2 heterocycles. The second-order valence-electron chi connectivity index (χ2n) is 6.91. The van der Waals surface area contributed by atoms with E-state index in [1.54, 1.807) is 37.7 Å². The van der Waals surface area contributed by atoms with Crippen molar-refractivity contribution in [2.24, 2.45) is 0 Å². The zero-order valence-electron chi connectivity index (χ0n) is 18.2. The van der Waals surface area contributed by atoms with Gasteiger partial charge in [0.1, 0.15) is 12.4 Å². The van der Waals surface area contributed by atoms with Gasteiger partial charge in [-0.2, -0.15) is 4.98 Å². The van der Waals surface area contributed by atoms with Crippen molar-refractivity contribution >= 4 is 11.9 Å². The number of pyridine rings is 1. The Balaban J connectivity index is 1.48. The molecule has 0 atom stereocenters. The molecule has 2 aromatic carbocycles. The van der Waals surface area contributed by atoms with Gasteiger partial charge in [0.15, 0.2) is 17.3 Å². The first-order valence-corrected chi connectivity index (χ1v) is 10.3. The Kier molecular flexibility index (Phi) is 6.79. The standard InChI is InChI=1S/C24H23N5O4/c1-3-32-21-13-17(10-11-20(21)33-15-16-7-6-12-25-14-16)23(30)27-24-26-22(28-29-24)18-8-4-5-9-19(18)31-2/h4-14H,3,15H2,1-2H3,(H2,26,27,28,29,30). The van der Waals surface area contributed by atoms with Gasteiger partial charge in [-0.05, 0) is 43.3 Å². The molecule has 4 rings (SSSR count). The summed E-state index contributed by atoms with van der Waals surface area (Å²) in [6.07, 6.45) is 3.44. The van der Waals surface area contributed by atoms with Gasteiger partial charge in [-0.1, -0.05) is 18.2 Å². The van der Waals surface area contributed by atoms with E-state index >= 15 is 0 Å². The van der Waals surface area contributed by atoms with Crippen molar-refractivity contribution < 1.29 is 19.0 Å². The van der Waals surface area contributed by atoms with Crippen molar-refractivity contribution in [3.05, 3.63) is 78.1 Å². The molecule has 0 fully saturated rings. The molecule has 2 N–H and O–H groups in total. The van der Waals surface area contributed by atoms with Gasteiger partial charge in [-0.25, -0.2) is 0 Å². The van der Waals surface area contributed by atoms with E-state index in [4.69, 9.17) is 14.2 Å². The van der Waals surface area contributed by atoms with E-state index in [-0.39, 0.29) is 11.9 Å². The van der Waals surface area contributed by atoms with E-state index in [1.165, 1.54) is 0 Å². The number of ether oxygens (including phenoxy) is 3. The summed E-state index contributed by atoms with van der Waals surface area (Å²) in [5.74, 6) is 1.91. The van der Waals surface area contributed by atoms with Gasteiger partial charge in [0.2, 0.25) is 5.95 Å². The first kappa shape index (κ1) is 21.8. The van der Waals surface area contributed by atoms with Crippen molar-refractivity contribution in [2.45, 2.75) is 13.5 Å². The van der Waals surface area contributed by atoms with E-state index in [1.807, 2.05) is 43.3 Å². The molecule has 0 aliphatic rings. The van der Waals surface area contributed by atoms with Crippen LogP contribution in [-0.4, -0.2) is 39.8 Å². The number of nitrogens with zero attached hydrogens (tertiary/aromatic N) is 3. The lowest BCUT2D eigenvalue weighted by atomic mass is 10.2. The molecule has 168 valence electrons. The molecule has 0 spiro atoms. The molecule has 4 aromatic rings. The van der Waals surface area contributed by atoms with Crippen LogP contribution in [0.3, 0.4) is 0 Å². The van der Waals surface area contributed by atoms with Crippen molar-refractivity contribution in [1.82, 2.24) is 20.2 Å². The summed E-state index contributed by atoms with van der Waals surface area (Å²) in [5, 5.41) is 9.60. The zero-order valence-corrected chi connectivity index (χ0v) is 18.2. The zero-order chi connectivity index (χ0) is 23.0. The summed E-state index contributed by atoms with van der Waals surface area (Å²) >= 11 is 0. The average Bonchev–Trinajstić information content (AvgIpc) is 3.32. The predicted molar refractivity (Wildman–Crippen MR) is 123 cm³/mol. The number of H-pyrrole nitrogens is 1. The molecular weight excluding hydrogens is 422 g/mol. The van der Waals surface area contributed by atoms with E-state index in [0.717, 1.165) is 11.1 Å². The highest BCUT2D eigenvalue weighted by Gasteiger charge is 2.16. The van der Waals surface area contributed by atoms with Crippen LogP contribution in [0, 0.1) is 0 Å². The quantitative estimate of drug-likeness (QED) is 0.399. The first-order chi connectivity index (χ1) is 16.2. The molecule has 2 aromatic heterocycles. The number of carbonyl (C=O) groups is 1. The molecule has 0 unspecified atom stereocenters. The number of hydrogen-bond donors (Lipinski definition) is 2. The Morgan fingerprint density at radius 2 is 1.91 bits per heavy atom. The summed E-state index contributed by atoms with van der Waals surface area (Å²) < 4.78 is 16.9. The lowest BCUT2D eigenvalue weighted by Crippen LogP contribution is -2.13. The monoisotopic (exact) mass is 445 g/mol.